The molecule has 4 N–H and O–H groups in total. The van der Waals surface area contributed by atoms with Crippen LogP contribution in [-0.2, 0) is 6.42 Å². The number of anilines is 2. The number of hydrazine groups is 1. The molecule has 1 aromatic heterocycles. The quantitative estimate of drug-likeness (QED) is 0.584. The van der Waals surface area contributed by atoms with Crippen molar-refractivity contribution in [3.8, 4) is 0 Å². The van der Waals surface area contributed by atoms with E-state index in [0.29, 0.717) is 34.6 Å². The number of nitrogen functional groups attached to an aromatic ring is 1. The molecule has 4 nitrogen and oxygen atoms in total. The number of aromatic nitrogens is 1. The van der Waals surface area contributed by atoms with Crippen molar-refractivity contribution in [2.75, 3.05) is 17.3 Å². The van der Waals surface area contributed by atoms with E-state index >= 15 is 0 Å². The van der Waals surface area contributed by atoms with Crippen molar-refractivity contribution >= 4 is 34.8 Å². The zero-order valence-electron chi connectivity index (χ0n) is 10.5. The van der Waals surface area contributed by atoms with Crippen LogP contribution in [0.15, 0.2) is 30.3 Å². The average Bonchev–Trinajstić information content (AvgIpc) is 2.43. The summed E-state index contributed by atoms with van der Waals surface area (Å²) < 4.78 is 12.8. The molecule has 0 bridgehead atoms. The highest BCUT2D eigenvalue weighted by molar-refractivity contribution is 6.37. The van der Waals surface area contributed by atoms with E-state index in [1.807, 2.05) is 0 Å². The van der Waals surface area contributed by atoms with Crippen molar-refractivity contribution in [1.82, 2.24) is 4.98 Å². The fraction of sp³-hybridized carbons (Fsp3) is 0.154. The van der Waals surface area contributed by atoms with E-state index in [4.69, 9.17) is 29.0 Å². The predicted molar refractivity (Wildman–Crippen MR) is 80.7 cm³/mol. The molecule has 0 saturated carbocycles. The molecule has 2 aromatic rings. The lowest BCUT2D eigenvalue weighted by Crippen LogP contribution is -2.12. The van der Waals surface area contributed by atoms with E-state index in [-0.39, 0.29) is 5.82 Å². The Hall–Kier alpha value is -1.56. The number of nitrogens with zero attached hydrogens (tertiary/aromatic N) is 1. The van der Waals surface area contributed by atoms with Crippen LogP contribution in [-0.4, -0.2) is 11.5 Å². The van der Waals surface area contributed by atoms with Crippen LogP contribution < -0.4 is 16.6 Å². The Kier molecular flexibility index (Phi) is 5.00. The second kappa shape index (κ2) is 6.74. The first kappa shape index (κ1) is 14.8. The largest absolute Gasteiger partial charge is 0.368 e. The Morgan fingerprint density at radius 1 is 1.10 bits per heavy atom. The average molecular weight is 315 g/mol. The van der Waals surface area contributed by atoms with Crippen molar-refractivity contribution in [2.24, 2.45) is 5.84 Å². The summed E-state index contributed by atoms with van der Waals surface area (Å²) in [6, 6.07) is 7.89. The summed E-state index contributed by atoms with van der Waals surface area (Å²) in [4.78, 5) is 4.16. The minimum Gasteiger partial charge on any atom is -0.368 e. The zero-order valence-corrected chi connectivity index (χ0v) is 12.0. The molecule has 0 spiro atoms. The summed E-state index contributed by atoms with van der Waals surface area (Å²) in [5.41, 5.74) is 3.41. The topological polar surface area (TPSA) is 63.0 Å². The van der Waals surface area contributed by atoms with Crippen LogP contribution in [0.4, 0.5) is 16.0 Å². The van der Waals surface area contributed by atoms with Crippen LogP contribution in [0.25, 0.3) is 0 Å². The number of pyridine rings is 1. The van der Waals surface area contributed by atoms with Gasteiger partial charge in [-0.1, -0.05) is 35.3 Å². The molecule has 7 heteroatoms. The van der Waals surface area contributed by atoms with E-state index in [0.717, 1.165) is 5.56 Å². The normalized spacial score (nSPS) is 10.4. The Morgan fingerprint density at radius 2 is 1.75 bits per heavy atom. The van der Waals surface area contributed by atoms with Gasteiger partial charge in [-0.2, -0.15) is 0 Å². The fourth-order valence-corrected chi connectivity index (χ4v) is 2.15. The summed E-state index contributed by atoms with van der Waals surface area (Å²) in [5, 5.41) is 3.85. The standard InChI is InChI=1S/C13H13Cl2FN4/c14-10-7-11(15)13(20-17)19-12(10)18-6-5-8-1-3-9(16)4-2-8/h1-4,7H,5-6,17H2,(H2,18,19,20). The van der Waals surface area contributed by atoms with E-state index in [9.17, 15) is 4.39 Å². The molecule has 2 rings (SSSR count). The third-order valence-electron chi connectivity index (χ3n) is 2.69. The smallest absolute Gasteiger partial charge is 0.161 e. The lowest BCUT2D eigenvalue weighted by atomic mass is 10.1. The minimum atomic E-state index is -0.247. The molecule has 0 unspecified atom stereocenters. The van der Waals surface area contributed by atoms with E-state index < -0.39 is 0 Å². The summed E-state index contributed by atoms with van der Waals surface area (Å²) in [6.07, 6.45) is 0.715. The lowest BCUT2D eigenvalue weighted by molar-refractivity contribution is 0.627. The van der Waals surface area contributed by atoms with Crippen molar-refractivity contribution in [3.05, 3.63) is 51.8 Å². The van der Waals surface area contributed by atoms with Gasteiger partial charge < -0.3 is 10.7 Å². The van der Waals surface area contributed by atoms with Gasteiger partial charge in [0.25, 0.3) is 0 Å². The number of hydrogen-bond donors (Lipinski definition) is 3. The monoisotopic (exact) mass is 314 g/mol. The minimum absolute atomic E-state index is 0.247. The Bertz CT molecular complexity index is 590. The fourth-order valence-electron chi connectivity index (χ4n) is 1.67. The molecule has 0 amide bonds. The molecule has 0 aliphatic rings. The van der Waals surface area contributed by atoms with Crippen molar-refractivity contribution in [2.45, 2.75) is 6.42 Å². The van der Waals surface area contributed by atoms with Crippen LogP contribution in [0.2, 0.25) is 10.0 Å². The Morgan fingerprint density at radius 3 is 2.40 bits per heavy atom. The second-order valence-corrected chi connectivity index (χ2v) is 4.91. The highest BCUT2D eigenvalue weighted by Crippen LogP contribution is 2.28. The lowest BCUT2D eigenvalue weighted by Gasteiger charge is -2.10. The van der Waals surface area contributed by atoms with E-state index in [2.05, 4.69) is 15.7 Å². The van der Waals surface area contributed by atoms with Gasteiger partial charge in [-0.15, -0.1) is 0 Å². The van der Waals surface area contributed by atoms with Gasteiger partial charge in [-0.3, -0.25) is 0 Å². The molecular formula is C13H13Cl2FN4. The van der Waals surface area contributed by atoms with Gasteiger partial charge in [-0.05, 0) is 30.2 Å². The maximum atomic E-state index is 12.8. The number of nitrogens with two attached hydrogens (primary N) is 1. The zero-order chi connectivity index (χ0) is 14.5. The van der Waals surface area contributed by atoms with Crippen LogP contribution >= 0.6 is 23.2 Å². The number of nitrogens with one attached hydrogen (secondary N) is 2. The Labute approximate surface area is 126 Å². The maximum Gasteiger partial charge on any atom is 0.161 e. The first-order valence-electron chi connectivity index (χ1n) is 5.91. The third kappa shape index (κ3) is 3.72. The summed E-state index contributed by atoms with van der Waals surface area (Å²) >= 11 is 11.9. The number of hydrogen-bond acceptors (Lipinski definition) is 4. The predicted octanol–water partition coefficient (Wildman–Crippen LogP) is 3.47. The Balaban J connectivity index is 1.98. The second-order valence-electron chi connectivity index (χ2n) is 4.10. The highest BCUT2D eigenvalue weighted by Gasteiger charge is 2.08. The van der Waals surface area contributed by atoms with E-state index in [1.54, 1.807) is 18.2 Å². The van der Waals surface area contributed by atoms with Crippen LogP contribution in [0, 0.1) is 5.82 Å². The van der Waals surface area contributed by atoms with Crippen LogP contribution in [0.1, 0.15) is 5.56 Å². The first-order chi connectivity index (χ1) is 9.60. The molecule has 0 atom stereocenters. The molecule has 0 aliphatic heterocycles. The van der Waals surface area contributed by atoms with Gasteiger partial charge in [0.1, 0.15) is 11.6 Å². The summed E-state index contributed by atoms with van der Waals surface area (Å²) in [7, 11) is 0. The van der Waals surface area contributed by atoms with E-state index in [1.165, 1.54) is 12.1 Å². The van der Waals surface area contributed by atoms with Gasteiger partial charge in [0.15, 0.2) is 5.82 Å². The van der Waals surface area contributed by atoms with Crippen LogP contribution in [0.5, 0.6) is 0 Å². The van der Waals surface area contributed by atoms with Crippen LogP contribution in [0.3, 0.4) is 0 Å². The maximum absolute atomic E-state index is 12.8. The molecular weight excluding hydrogens is 302 g/mol. The van der Waals surface area contributed by atoms with Gasteiger partial charge in [0.2, 0.25) is 0 Å². The molecule has 106 valence electrons. The van der Waals surface area contributed by atoms with Gasteiger partial charge in [-0.25, -0.2) is 15.2 Å². The number of halogens is 3. The number of rotatable bonds is 5. The molecule has 0 aliphatic carbocycles. The van der Waals surface area contributed by atoms with Gasteiger partial charge in [0.05, 0.1) is 10.0 Å². The third-order valence-corrected chi connectivity index (χ3v) is 3.26. The summed E-state index contributed by atoms with van der Waals surface area (Å²) in [5.74, 6) is 5.89. The molecule has 1 aromatic carbocycles. The van der Waals surface area contributed by atoms with Gasteiger partial charge in [0, 0.05) is 6.54 Å². The number of benzene rings is 1. The highest BCUT2D eigenvalue weighted by atomic mass is 35.5. The van der Waals surface area contributed by atoms with Gasteiger partial charge >= 0.3 is 0 Å². The first-order valence-corrected chi connectivity index (χ1v) is 6.66. The summed E-state index contributed by atoms with van der Waals surface area (Å²) in [6.45, 7) is 0.601. The molecule has 0 saturated heterocycles. The molecule has 20 heavy (non-hydrogen) atoms. The van der Waals surface area contributed by atoms with Crippen molar-refractivity contribution in [1.29, 1.82) is 0 Å². The molecule has 0 radical (unpaired) electrons. The molecule has 0 fully saturated rings. The SMILES string of the molecule is NNc1nc(NCCc2ccc(F)cc2)c(Cl)cc1Cl. The molecule has 1 heterocycles. The van der Waals surface area contributed by atoms with Crippen molar-refractivity contribution < 1.29 is 4.39 Å². The van der Waals surface area contributed by atoms with Crippen molar-refractivity contribution in [3.63, 3.8) is 0 Å².